The van der Waals surface area contributed by atoms with Gasteiger partial charge in [-0.1, -0.05) is 54.7 Å². The summed E-state index contributed by atoms with van der Waals surface area (Å²) in [5.41, 5.74) is 12.8. The van der Waals surface area contributed by atoms with Crippen molar-refractivity contribution in [3.8, 4) is 28.1 Å². The Morgan fingerprint density at radius 3 is 2.48 bits per heavy atom. The second kappa shape index (κ2) is 7.49. The third kappa shape index (κ3) is 3.45. The molecular formula is C23H22N2OS. The van der Waals surface area contributed by atoms with Gasteiger partial charge in [0.2, 0.25) is 0 Å². The van der Waals surface area contributed by atoms with Crippen LogP contribution in [0.1, 0.15) is 30.0 Å². The Kier molecular flexibility index (Phi) is 4.90. The summed E-state index contributed by atoms with van der Waals surface area (Å²) in [5.74, 6) is 0.898. The van der Waals surface area contributed by atoms with E-state index in [1.807, 2.05) is 30.3 Å². The number of methoxy groups -OCH3 is 1. The average molecular weight is 375 g/mol. The van der Waals surface area contributed by atoms with E-state index in [4.69, 9.17) is 27.7 Å². The van der Waals surface area contributed by atoms with Gasteiger partial charge in [0.05, 0.1) is 29.4 Å². The summed E-state index contributed by atoms with van der Waals surface area (Å²) in [6.07, 6.45) is 3.04. The molecule has 2 aromatic carbocycles. The van der Waals surface area contributed by atoms with E-state index in [0.717, 1.165) is 47.5 Å². The lowest BCUT2D eigenvalue weighted by Crippen LogP contribution is -2.25. The summed E-state index contributed by atoms with van der Waals surface area (Å²) in [7, 11) is 1.68. The molecule has 1 aromatic heterocycles. The molecule has 27 heavy (non-hydrogen) atoms. The molecule has 0 saturated carbocycles. The van der Waals surface area contributed by atoms with Gasteiger partial charge in [0.15, 0.2) is 0 Å². The zero-order valence-corrected chi connectivity index (χ0v) is 16.1. The number of hydrogen-bond donors (Lipinski definition) is 1. The van der Waals surface area contributed by atoms with Crippen LogP contribution in [0.2, 0.25) is 0 Å². The molecule has 4 rings (SSSR count). The molecule has 136 valence electrons. The molecule has 3 nitrogen and oxygen atoms in total. The van der Waals surface area contributed by atoms with Crippen LogP contribution in [0.3, 0.4) is 0 Å². The molecule has 4 heteroatoms. The van der Waals surface area contributed by atoms with Gasteiger partial charge in [-0.15, -0.1) is 0 Å². The Labute approximate surface area is 165 Å². The van der Waals surface area contributed by atoms with Gasteiger partial charge in [-0.25, -0.2) is 0 Å². The van der Waals surface area contributed by atoms with E-state index in [1.165, 1.54) is 11.1 Å². The van der Waals surface area contributed by atoms with Crippen molar-refractivity contribution in [2.75, 3.05) is 7.11 Å². The minimum Gasteiger partial charge on any atom is -0.497 e. The van der Waals surface area contributed by atoms with Crippen LogP contribution < -0.4 is 10.5 Å². The lowest BCUT2D eigenvalue weighted by atomic mass is 9.82. The van der Waals surface area contributed by atoms with Crippen LogP contribution in [0.15, 0.2) is 60.7 Å². The number of benzene rings is 2. The second-order valence-electron chi connectivity index (χ2n) is 6.86. The molecule has 1 atom stereocenters. The number of nitrogens with two attached hydrogens (primary N) is 1. The van der Waals surface area contributed by atoms with Gasteiger partial charge in [0.1, 0.15) is 5.75 Å². The zero-order valence-electron chi connectivity index (χ0n) is 15.3. The topological polar surface area (TPSA) is 48.1 Å². The van der Waals surface area contributed by atoms with Crippen molar-refractivity contribution in [1.82, 2.24) is 4.98 Å². The molecule has 0 radical (unpaired) electrons. The minimum atomic E-state index is 0.0458. The van der Waals surface area contributed by atoms with Crippen LogP contribution in [-0.2, 0) is 6.42 Å². The van der Waals surface area contributed by atoms with E-state index in [2.05, 4.69) is 30.3 Å². The summed E-state index contributed by atoms with van der Waals surface area (Å²) in [6, 6.07) is 20.7. The molecule has 1 unspecified atom stereocenters. The van der Waals surface area contributed by atoms with Crippen LogP contribution in [0.4, 0.5) is 0 Å². The minimum absolute atomic E-state index is 0.0458. The normalized spacial score (nSPS) is 15.8. The molecule has 0 amide bonds. The van der Waals surface area contributed by atoms with E-state index in [9.17, 15) is 0 Å². The molecule has 0 fully saturated rings. The summed E-state index contributed by atoms with van der Waals surface area (Å²) in [4.78, 5) is 5.55. The zero-order chi connectivity index (χ0) is 18.8. The third-order valence-corrected chi connectivity index (χ3v) is 5.50. The van der Waals surface area contributed by atoms with Gasteiger partial charge in [-0.3, -0.25) is 4.98 Å². The summed E-state index contributed by atoms with van der Waals surface area (Å²) in [6.45, 7) is 0. The molecule has 3 aromatic rings. The number of fused-ring (bicyclic) bond motifs is 1. The van der Waals surface area contributed by atoms with Gasteiger partial charge in [-0.05, 0) is 54.2 Å². The molecular weight excluding hydrogens is 352 g/mol. The van der Waals surface area contributed by atoms with Crippen molar-refractivity contribution in [1.29, 1.82) is 0 Å². The monoisotopic (exact) mass is 374 g/mol. The summed E-state index contributed by atoms with van der Waals surface area (Å²) in [5, 5.41) is 0. The highest BCUT2D eigenvalue weighted by Gasteiger charge is 2.27. The number of pyridine rings is 1. The van der Waals surface area contributed by atoms with Crippen LogP contribution in [0, 0.1) is 0 Å². The van der Waals surface area contributed by atoms with E-state index in [1.54, 1.807) is 7.11 Å². The maximum Gasteiger partial charge on any atom is 0.118 e. The van der Waals surface area contributed by atoms with Crippen molar-refractivity contribution in [2.24, 2.45) is 5.73 Å². The predicted octanol–water partition coefficient (Wildman–Crippen LogP) is 5.13. The average Bonchev–Trinajstić information content (AvgIpc) is 2.73. The standard InChI is InChI=1S/C23H22N2OS/c1-26-17-12-10-15(11-13-17)20-14-21(16-6-3-2-4-7-16)25-22-18(20)8-5-9-19(22)23(24)27/h2-4,6-7,10-14,19H,5,8-9H2,1H3,(H2,24,27). The van der Waals surface area contributed by atoms with Gasteiger partial charge in [-0.2, -0.15) is 0 Å². The first-order valence-electron chi connectivity index (χ1n) is 9.20. The van der Waals surface area contributed by atoms with E-state index < -0.39 is 0 Å². The van der Waals surface area contributed by atoms with Gasteiger partial charge < -0.3 is 10.5 Å². The molecule has 0 saturated heterocycles. The van der Waals surface area contributed by atoms with Gasteiger partial charge in [0, 0.05) is 5.56 Å². The highest BCUT2D eigenvalue weighted by Crippen LogP contribution is 2.39. The van der Waals surface area contributed by atoms with Crippen molar-refractivity contribution in [3.63, 3.8) is 0 Å². The van der Waals surface area contributed by atoms with Crippen molar-refractivity contribution in [3.05, 3.63) is 71.9 Å². The van der Waals surface area contributed by atoms with Gasteiger partial charge >= 0.3 is 0 Å². The third-order valence-electron chi connectivity index (χ3n) is 5.22. The predicted molar refractivity (Wildman–Crippen MR) is 114 cm³/mol. The summed E-state index contributed by atoms with van der Waals surface area (Å²) >= 11 is 5.37. The molecule has 0 bridgehead atoms. The van der Waals surface area contributed by atoms with Crippen molar-refractivity contribution in [2.45, 2.75) is 25.2 Å². The van der Waals surface area contributed by atoms with Gasteiger partial charge in [0.25, 0.3) is 0 Å². The fraction of sp³-hybridized carbons (Fsp3) is 0.217. The second-order valence-corrected chi connectivity index (χ2v) is 7.33. The Morgan fingerprint density at radius 2 is 1.81 bits per heavy atom. The maximum absolute atomic E-state index is 6.07. The maximum atomic E-state index is 6.07. The smallest absolute Gasteiger partial charge is 0.118 e. The number of ether oxygens (including phenoxy) is 1. The fourth-order valence-electron chi connectivity index (χ4n) is 3.82. The highest BCUT2D eigenvalue weighted by molar-refractivity contribution is 7.80. The number of aromatic nitrogens is 1. The van der Waals surface area contributed by atoms with Crippen molar-refractivity contribution < 1.29 is 4.74 Å². The van der Waals surface area contributed by atoms with Crippen LogP contribution >= 0.6 is 12.2 Å². The largest absolute Gasteiger partial charge is 0.497 e. The fourth-order valence-corrected chi connectivity index (χ4v) is 4.05. The Balaban J connectivity index is 1.93. The Morgan fingerprint density at radius 1 is 1.07 bits per heavy atom. The first-order valence-corrected chi connectivity index (χ1v) is 9.61. The van der Waals surface area contributed by atoms with E-state index in [0.29, 0.717) is 4.99 Å². The van der Waals surface area contributed by atoms with Crippen LogP contribution in [-0.4, -0.2) is 17.1 Å². The molecule has 0 aliphatic heterocycles. The SMILES string of the molecule is COc1ccc(-c2cc(-c3ccccc3)nc3c2CCCC3C(N)=S)cc1. The summed E-state index contributed by atoms with van der Waals surface area (Å²) < 4.78 is 5.31. The number of hydrogen-bond acceptors (Lipinski definition) is 3. The first kappa shape index (κ1) is 17.7. The lowest BCUT2D eigenvalue weighted by Gasteiger charge is -2.27. The van der Waals surface area contributed by atoms with E-state index in [-0.39, 0.29) is 5.92 Å². The number of nitrogens with zero attached hydrogens (tertiary/aromatic N) is 1. The van der Waals surface area contributed by atoms with Crippen LogP contribution in [0.25, 0.3) is 22.4 Å². The molecule has 2 N–H and O–H groups in total. The quantitative estimate of drug-likeness (QED) is 0.643. The number of thiocarbonyl (C=S) groups is 1. The van der Waals surface area contributed by atoms with Crippen molar-refractivity contribution >= 4 is 17.2 Å². The highest BCUT2D eigenvalue weighted by atomic mass is 32.1. The molecule has 1 aliphatic carbocycles. The Hall–Kier alpha value is -2.72. The van der Waals surface area contributed by atoms with Crippen LogP contribution in [0.5, 0.6) is 5.75 Å². The molecule has 1 heterocycles. The Bertz CT molecular complexity index is 968. The molecule has 1 aliphatic rings. The number of rotatable bonds is 4. The molecule has 0 spiro atoms. The first-order chi connectivity index (χ1) is 13.2. The van der Waals surface area contributed by atoms with E-state index >= 15 is 0 Å². The lowest BCUT2D eigenvalue weighted by molar-refractivity contribution is 0.415.